The van der Waals surface area contributed by atoms with Gasteiger partial charge < -0.3 is 18.9 Å². The molecule has 0 saturated carbocycles. The molecule has 1 heterocycles. The van der Waals surface area contributed by atoms with E-state index in [2.05, 4.69) is 15.9 Å². The molecule has 0 amide bonds. The minimum absolute atomic E-state index is 0.179. The first-order valence-corrected chi connectivity index (χ1v) is 4.82. The zero-order valence-electron chi connectivity index (χ0n) is 7.58. The first-order chi connectivity index (χ1) is 6.83. The lowest BCUT2D eigenvalue weighted by molar-refractivity contribution is 0.0480. The average Bonchev–Trinajstić information content (AvgIpc) is 2.64. The maximum Gasteiger partial charge on any atom is 0.231 e. The highest BCUT2D eigenvalue weighted by Crippen LogP contribution is 2.45. The molecule has 4 nitrogen and oxygen atoms in total. The first kappa shape index (κ1) is 9.61. The van der Waals surface area contributed by atoms with Gasteiger partial charge in [-0.1, -0.05) is 0 Å². The van der Waals surface area contributed by atoms with Gasteiger partial charge in [0.1, 0.15) is 0 Å². The van der Waals surface area contributed by atoms with E-state index in [4.69, 9.17) is 18.9 Å². The highest BCUT2D eigenvalue weighted by atomic mass is 79.9. The minimum Gasteiger partial charge on any atom is -0.462 e. The average molecular weight is 261 g/mol. The van der Waals surface area contributed by atoms with Crippen LogP contribution in [0.15, 0.2) is 16.6 Å². The van der Waals surface area contributed by atoms with Crippen molar-refractivity contribution in [1.29, 1.82) is 0 Å². The van der Waals surface area contributed by atoms with Crippen LogP contribution < -0.4 is 14.2 Å². The largest absolute Gasteiger partial charge is 0.462 e. The maximum absolute atomic E-state index is 5.35. The number of methoxy groups -OCH3 is 1. The van der Waals surface area contributed by atoms with Gasteiger partial charge >= 0.3 is 0 Å². The molecule has 0 N–H and O–H groups in total. The molecule has 0 bridgehead atoms. The van der Waals surface area contributed by atoms with Gasteiger partial charge in [0.15, 0.2) is 18.3 Å². The topological polar surface area (TPSA) is 36.9 Å². The van der Waals surface area contributed by atoms with Gasteiger partial charge in [-0.25, -0.2) is 0 Å². The van der Waals surface area contributed by atoms with E-state index < -0.39 is 0 Å². The van der Waals surface area contributed by atoms with Crippen molar-refractivity contribution in [2.24, 2.45) is 0 Å². The smallest absolute Gasteiger partial charge is 0.231 e. The van der Waals surface area contributed by atoms with Gasteiger partial charge in [0.05, 0.1) is 4.47 Å². The summed E-state index contributed by atoms with van der Waals surface area (Å²) in [7, 11) is 1.56. The molecule has 0 aliphatic carbocycles. The molecule has 0 aromatic heterocycles. The summed E-state index contributed by atoms with van der Waals surface area (Å²) in [4.78, 5) is 0. The number of ether oxygens (including phenoxy) is 4. The molecular weight excluding hydrogens is 252 g/mol. The summed E-state index contributed by atoms with van der Waals surface area (Å²) in [5, 5.41) is 0. The molecular formula is C9H9BrO4. The lowest BCUT2D eigenvalue weighted by atomic mass is 10.3. The third-order valence-electron chi connectivity index (χ3n) is 1.77. The molecule has 0 unspecified atom stereocenters. The Morgan fingerprint density at radius 1 is 1.43 bits per heavy atom. The van der Waals surface area contributed by atoms with Gasteiger partial charge in [0, 0.05) is 7.11 Å². The minimum atomic E-state index is 0.179. The molecule has 0 fully saturated rings. The number of rotatable bonds is 3. The predicted molar refractivity (Wildman–Crippen MR) is 52.8 cm³/mol. The van der Waals surface area contributed by atoms with Crippen LogP contribution in [0.5, 0.6) is 17.2 Å². The fourth-order valence-corrected chi connectivity index (χ4v) is 1.60. The second-order valence-corrected chi connectivity index (χ2v) is 3.52. The normalized spacial score (nSPS) is 13.0. The molecule has 0 saturated heterocycles. The molecule has 0 atom stereocenters. The summed E-state index contributed by atoms with van der Waals surface area (Å²) < 4.78 is 21.5. The van der Waals surface area contributed by atoms with Crippen LogP contribution in [0.2, 0.25) is 0 Å². The lowest BCUT2D eigenvalue weighted by Gasteiger charge is -2.09. The molecule has 14 heavy (non-hydrogen) atoms. The van der Waals surface area contributed by atoms with Crippen molar-refractivity contribution in [3.63, 3.8) is 0 Å². The second kappa shape index (κ2) is 4.06. The summed E-state index contributed by atoms with van der Waals surface area (Å²) in [5.74, 6) is 1.93. The van der Waals surface area contributed by atoms with Crippen LogP contribution >= 0.6 is 15.9 Å². The lowest BCUT2D eigenvalue weighted by Crippen LogP contribution is -2.00. The van der Waals surface area contributed by atoms with E-state index in [-0.39, 0.29) is 13.6 Å². The van der Waals surface area contributed by atoms with Crippen molar-refractivity contribution >= 4 is 15.9 Å². The van der Waals surface area contributed by atoms with Crippen LogP contribution in [0.1, 0.15) is 0 Å². The number of benzene rings is 1. The molecule has 2 rings (SSSR count). The van der Waals surface area contributed by atoms with Crippen LogP contribution in [0, 0.1) is 0 Å². The summed E-state index contributed by atoms with van der Waals surface area (Å²) in [5.41, 5.74) is 0. The first-order valence-electron chi connectivity index (χ1n) is 4.02. The zero-order valence-corrected chi connectivity index (χ0v) is 9.17. The van der Waals surface area contributed by atoms with Crippen LogP contribution in [0.25, 0.3) is 0 Å². The summed E-state index contributed by atoms with van der Waals surface area (Å²) in [6.45, 7) is 0.410. The highest BCUT2D eigenvalue weighted by Gasteiger charge is 2.21. The molecule has 5 heteroatoms. The van der Waals surface area contributed by atoms with Crippen molar-refractivity contribution in [3.8, 4) is 17.2 Å². The quantitative estimate of drug-likeness (QED) is 0.781. The van der Waals surface area contributed by atoms with Crippen LogP contribution in [-0.4, -0.2) is 20.7 Å². The molecule has 1 aliphatic heterocycles. The van der Waals surface area contributed by atoms with Crippen molar-refractivity contribution in [2.45, 2.75) is 0 Å². The van der Waals surface area contributed by atoms with E-state index in [1.165, 1.54) is 0 Å². The van der Waals surface area contributed by atoms with Crippen molar-refractivity contribution in [2.75, 3.05) is 20.7 Å². The van der Waals surface area contributed by atoms with Crippen molar-refractivity contribution in [1.82, 2.24) is 0 Å². The van der Waals surface area contributed by atoms with E-state index >= 15 is 0 Å². The Balaban J connectivity index is 2.31. The SMILES string of the molecule is COCOc1c(Br)ccc2c1OCO2. The van der Waals surface area contributed by atoms with Crippen LogP contribution in [0.3, 0.4) is 0 Å². The van der Waals surface area contributed by atoms with Gasteiger partial charge in [0.25, 0.3) is 0 Å². The number of fused-ring (bicyclic) bond motifs is 1. The Morgan fingerprint density at radius 3 is 3.07 bits per heavy atom. The Labute approximate surface area is 89.8 Å². The Morgan fingerprint density at radius 2 is 2.29 bits per heavy atom. The zero-order chi connectivity index (χ0) is 9.97. The van der Waals surface area contributed by atoms with Gasteiger partial charge in [0.2, 0.25) is 12.5 Å². The van der Waals surface area contributed by atoms with E-state index in [1.807, 2.05) is 12.1 Å². The highest BCUT2D eigenvalue weighted by molar-refractivity contribution is 9.10. The standard InChI is InChI=1S/C9H9BrO4/c1-11-4-13-8-6(10)2-3-7-9(8)14-5-12-7/h2-3H,4-5H2,1H3. The summed E-state index contributed by atoms with van der Waals surface area (Å²) in [6, 6.07) is 3.67. The van der Waals surface area contributed by atoms with E-state index in [1.54, 1.807) is 7.11 Å². The third-order valence-corrected chi connectivity index (χ3v) is 2.39. The molecule has 1 aromatic carbocycles. The Bertz CT molecular complexity index is 340. The fraction of sp³-hybridized carbons (Fsp3) is 0.333. The number of halogens is 1. The summed E-state index contributed by atoms with van der Waals surface area (Å²) >= 11 is 3.36. The van der Waals surface area contributed by atoms with E-state index in [0.717, 1.165) is 4.47 Å². The number of hydrogen-bond acceptors (Lipinski definition) is 4. The van der Waals surface area contributed by atoms with Gasteiger partial charge in [-0.2, -0.15) is 0 Å². The van der Waals surface area contributed by atoms with Gasteiger partial charge in [-0.15, -0.1) is 0 Å². The Hall–Kier alpha value is -0.940. The molecule has 0 radical (unpaired) electrons. The summed E-state index contributed by atoms with van der Waals surface area (Å²) in [6.07, 6.45) is 0. The second-order valence-electron chi connectivity index (χ2n) is 2.66. The fourth-order valence-electron chi connectivity index (χ4n) is 1.18. The molecule has 1 aliphatic rings. The third kappa shape index (κ3) is 1.65. The molecule has 76 valence electrons. The van der Waals surface area contributed by atoms with Crippen LogP contribution in [-0.2, 0) is 4.74 Å². The monoisotopic (exact) mass is 260 g/mol. The van der Waals surface area contributed by atoms with Crippen molar-refractivity contribution in [3.05, 3.63) is 16.6 Å². The van der Waals surface area contributed by atoms with E-state index in [0.29, 0.717) is 17.2 Å². The van der Waals surface area contributed by atoms with E-state index in [9.17, 15) is 0 Å². The number of hydrogen-bond donors (Lipinski definition) is 0. The van der Waals surface area contributed by atoms with Gasteiger partial charge in [-0.3, -0.25) is 0 Å². The van der Waals surface area contributed by atoms with Gasteiger partial charge in [-0.05, 0) is 28.1 Å². The molecule has 1 aromatic rings. The predicted octanol–water partition coefficient (Wildman–Crippen LogP) is 2.16. The van der Waals surface area contributed by atoms with Crippen molar-refractivity contribution < 1.29 is 18.9 Å². The maximum atomic E-state index is 5.35. The molecule has 0 spiro atoms. The van der Waals surface area contributed by atoms with Crippen LogP contribution in [0.4, 0.5) is 0 Å². The Kier molecular flexibility index (Phi) is 2.79.